The van der Waals surface area contributed by atoms with Gasteiger partial charge in [-0.2, -0.15) is 0 Å². The number of hydrogen-bond donors (Lipinski definition) is 2. The zero-order chi connectivity index (χ0) is 22.1. The van der Waals surface area contributed by atoms with Crippen LogP contribution in [0.3, 0.4) is 0 Å². The molecular weight excluding hydrogens is 394 g/mol. The predicted molar refractivity (Wildman–Crippen MR) is 117 cm³/mol. The minimum absolute atomic E-state index is 0.103. The van der Waals surface area contributed by atoms with Crippen LogP contribution in [0, 0.1) is 23.7 Å². The molecule has 1 saturated carbocycles. The van der Waals surface area contributed by atoms with Gasteiger partial charge in [0.15, 0.2) is 5.78 Å². The first-order valence-corrected chi connectivity index (χ1v) is 12.1. The predicted octanol–water partition coefficient (Wildman–Crippen LogP) is 3.42. The van der Waals surface area contributed by atoms with Gasteiger partial charge in [-0.25, -0.2) is 0 Å². The van der Waals surface area contributed by atoms with E-state index in [9.17, 15) is 14.7 Å². The molecule has 4 aliphatic rings. The Balaban J connectivity index is 1.54. The van der Waals surface area contributed by atoms with Crippen LogP contribution in [0.2, 0.25) is 0 Å². The van der Waals surface area contributed by atoms with Crippen molar-refractivity contribution in [1.29, 1.82) is 0 Å². The average molecular weight is 432 g/mol. The number of fused-ring (bicyclic) bond motifs is 1. The second-order valence-electron chi connectivity index (χ2n) is 9.91. The molecule has 3 N–H and O–H groups in total. The van der Waals surface area contributed by atoms with Crippen molar-refractivity contribution in [2.45, 2.75) is 89.9 Å². The highest BCUT2D eigenvalue weighted by atomic mass is 16.5. The van der Waals surface area contributed by atoms with E-state index in [1.807, 2.05) is 0 Å². The van der Waals surface area contributed by atoms with Crippen LogP contribution in [-0.2, 0) is 19.1 Å². The summed E-state index contributed by atoms with van der Waals surface area (Å²) in [5.74, 6) is 0.534. The van der Waals surface area contributed by atoms with Crippen LogP contribution in [0.25, 0.3) is 0 Å². The SMILES string of the molecule is CCOC(=O)[C@H]1CC2=C(CCC(C)[C@H]1N)O[C@@H]1CC=C(C3CCC(O)CC3)C[C@@H]1C2=O. The molecule has 0 saturated heterocycles. The Kier molecular flexibility index (Phi) is 6.87. The van der Waals surface area contributed by atoms with Crippen molar-refractivity contribution < 1.29 is 24.2 Å². The molecule has 0 amide bonds. The van der Waals surface area contributed by atoms with Crippen molar-refractivity contribution in [2.24, 2.45) is 29.4 Å². The summed E-state index contributed by atoms with van der Waals surface area (Å²) in [6.45, 7) is 4.16. The molecular formula is C25H37NO5. The van der Waals surface area contributed by atoms with Crippen molar-refractivity contribution in [2.75, 3.05) is 6.61 Å². The lowest BCUT2D eigenvalue weighted by molar-refractivity contribution is -0.149. The quantitative estimate of drug-likeness (QED) is 0.525. The molecule has 0 bridgehead atoms. The van der Waals surface area contributed by atoms with E-state index in [0.29, 0.717) is 30.9 Å². The summed E-state index contributed by atoms with van der Waals surface area (Å²) in [6.07, 6.45) is 8.97. The maximum atomic E-state index is 13.7. The minimum atomic E-state index is -0.511. The maximum absolute atomic E-state index is 13.7. The van der Waals surface area contributed by atoms with E-state index in [1.54, 1.807) is 6.92 Å². The molecule has 5 atom stereocenters. The fourth-order valence-corrected chi connectivity index (χ4v) is 5.91. The number of rotatable bonds is 3. The highest BCUT2D eigenvalue weighted by molar-refractivity contribution is 5.99. The fraction of sp³-hybridized carbons (Fsp3) is 0.760. The smallest absolute Gasteiger partial charge is 0.310 e. The highest BCUT2D eigenvalue weighted by Crippen LogP contribution is 2.44. The van der Waals surface area contributed by atoms with Crippen LogP contribution in [0.15, 0.2) is 23.0 Å². The molecule has 6 heteroatoms. The number of carbonyl (C=O) groups is 2. The Bertz CT molecular complexity index is 764. The van der Waals surface area contributed by atoms with Crippen LogP contribution in [0.1, 0.15) is 71.6 Å². The molecule has 0 radical (unpaired) electrons. The Morgan fingerprint density at radius 1 is 1.23 bits per heavy atom. The molecule has 1 unspecified atom stereocenters. The van der Waals surface area contributed by atoms with Gasteiger partial charge in [0, 0.05) is 24.5 Å². The van der Waals surface area contributed by atoms with Crippen molar-refractivity contribution in [3.8, 4) is 0 Å². The van der Waals surface area contributed by atoms with Crippen LogP contribution in [0.5, 0.6) is 0 Å². The topological polar surface area (TPSA) is 98.8 Å². The van der Waals surface area contributed by atoms with Crippen molar-refractivity contribution in [3.63, 3.8) is 0 Å². The number of hydrogen-bond acceptors (Lipinski definition) is 6. The molecule has 172 valence electrons. The summed E-state index contributed by atoms with van der Waals surface area (Å²) in [4.78, 5) is 26.3. The van der Waals surface area contributed by atoms with E-state index in [1.165, 1.54) is 5.57 Å². The Labute approximate surface area is 185 Å². The van der Waals surface area contributed by atoms with Crippen molar-refractivity contribution >= 4 is 11.8 Å². The van der Waals surface area contributed by atoms with E-state index < -0.39 is 5.92 Å². The van der Waals surface area contributed by atoms with Crippen LogP contribution in [0.4, 0.5) is 0 Å². The number of Topliss-reactive ketones (excluding diaryl/α,β-unsaturated/α-hetero) is 1. The van der Waals surface area contributed by atoms with Crippen molar-refractivity contribution in [1.82, 2.24) is 0 Å². The number of ether oxygens (including phenoxy) is 2. The normalized spacial score (nSPS) is 38.8. The largest absolute Gasteiger partial charge is 0.493 e. The number of nitrogens with two attached hydrogens (primary N) is 1. The Morgan fingerprint density at radius 3 is 2.68 bits per heavy atom. The molecule has 0 aromatic heterocycles. The zero-order valence-corrected chi connectivity index (χ0v) is 18.8. The van der Waals surface area contributed by atoms with Gasteiger partial charge < -0.3 is 20.3 Å². The first kappa shape index (κ1) is 22.5. The van der Waals surface area contributed by atoms with E-state index in [4.69, 9.17) is 15.2 Å². The molecule has 6 nitrogen and oxygen atoms in total. The highest BCUT2D eigenvalue weighted by Gasteiger charge is 2.44. The Morgan fingerprint density at radius 2 is 1.97 bits per heavy atom. The summed E-state index contributed by atoms with van der Waals surface area (Å²) in [5.41, 5.74) is 8.47. The van der Waals surface area contributed by atoms with Gasteiger partial charge in [0.2, 0.25) is 0 Å². The summed E-state index contributed by atoms with van der Waals surface area (Å²) in [7, 11) is 0. The molecule has 1 fully saturated rings. The van der Waals surface area contributed by atoms with Crippen LogP contribution < -0.4 is 5.73 Å². The summed E-state index contributed by atoms with van der Waals surface area (Å²) >= 11 is 0. The third-order valence-corrected chi connectivity index (χ3v) is 7.96. The first-order valence-electron chi connectivity index (χ1n) is 12.1. The third-order valence-electron chi connectivity index (χ3n) is 7.96. The van der Waals surface area contributed by atoms with Gasteiger partial charge in [-0.3, -0.25) is 9.59 Å². The number of ketones is 1. The van der Waals surface area contributed by atoms with Gasteiger partial charge >= 0.3 is 5.97 Å². The lowest BCUT2D eigenvalue weighted by Gasteiger charge is -2.41. The average Bonchev–Trinajstić information content (AvgIpc) is 2.76. The number of aliphatic hydroxyl groups excluding tert-OH is 1. The molecule has 31 heavy (non-hydrogen) atoms. The number of aliphatic hydroxyl groups is 1. The van der Waals surface area contributed by atoms with E-state index in [2.05, 4.69) is 13.0 Å². The van der Waals surface area contributed by atoms with Gasteiger partial charge in [-0.1, -0.05) is 18.6 Å². The second-order valence-corrected chi connectivity index (χ2v) is 9.91. The molecule has 4 rings (SSSR count). The molecule has 3 aliphatic carbocycles. The summed E-state index contributed by atoms with van der Waals surface area (Å²) < 4.78 is 11.7. The van der Waals surface area contributed by atoms with Crippen LogP contribution >= 0.6 is 0 Å². The Hall–Kier alpha value is -1.66. The number of carbonyl (C=O) groups excluding carboxylic acids is 2. The standard InChI is InChI=1S/C25H37NO5/c1-3-30-25(29)20-13-19-21(10-4-14(2)23(20)26)31-22-11-7-16(12-18(22)24(19)28)15-5-8-17(27)9-6-15/h7,14-15,17-18,20,22-23,27H,3-6,8-13,26H2,1-2H3/t14?,15?,17?,18-,20-,22+,23+/m0/s1. The molecule has 0 aromatic carbocycles. The lowest BCUT2D eigenvalue weighted by Crippen LogP contribution is -2.46. The van der Waals surface area contributed by atoms with Crippen molar-refractivity contribution in [3.05, 3.63) is 23.0 Å². The van der Waals surface area contributed by atoms with Gasteiger partial charge in [0.1, 0.15) is 11.9 Å². The number of esters is 1. The first-order chi connectivity index (χ1) is 14.9. The lowest BCUT2D eigenvalue weighted by atomic mass is 9.70. The third kappa shape index (κ3) is 4.61. The molecule has 1 aliphatic heterocycles. The number of allylic oxidation sites excluding steroid dienone is 3. The van der Waals surface area contributed by atoms with Gasteiger partial charge in [0.25, 0.3) is 0 Å². The maximum Gasteiger partial charge on any atom is 0.310 e. The summed E-state index contributed by atoms with van der Waals surface area (Å²) in [6, 6.07) is -0.325. The van der Waals surface area contributed by atoms with Crippen LogP contribution in [-0.4, -0.2) is 41.7 Å². The zero-order valence-electron chi connectivity index (χ0n) is 18.8. The van der Waals surface area contributed by atoms with E-state index >= 15 is 0 Å². The minimum Gasteiger partial charge on any atom is -0.493 e. The van der Waals surface area contributed by atoms with E-state index in [-0.39, 0.29) is 41.8 Å². The summed E-state index contributed by atoms with van der Waals surface area (Å²) in [5, 5.41) is 9.83. The van der Waals surface area contributed by atoms with Gasteiger partial charge in [-0.05, 0) is 63.7 Å². The second kappa shape index (κ2) is 9.45. The van der Waals surface area contributed by atoms with E-state index in [0.717, 1.165) is 50.7 Å². The monoisotopic (exact) mass is 431 g/mol. The molecule has 0 aromatic rings. The molecule has 1 heterocycles. The fourth-order valence-electron chi connectivity index (χ4n) is 5.91. The van der Waals surface area contributed by atoms with Gasteiger partial charge in [0.05, 0.1) is 24.5 Å². The molecule has 0 spiro atoms. The van der Waals surface area contributed by atoms with Gasteiger partial charge in [-0.15, -0.1) is 0 Å².